The molecule has 0 radical (unpaired) electrons. The molecule has 29 heavy (non-hydrogen) atoms. The van der Waals surface area contributed by atoms with Crippen molar-refractivity contribution in [2.24, 2.45) is 11.8 Å². The number of nitrogens with one attached hydrogen (secondary N) is 2. The molecule has 8 heteroatoms. The molecule has 4 fully saturated rings. The van der Waals surface area contributed by atoms with Crippen LogP contribution in [0.5, 0.6) is 0 Å². The van der Waals surface area contributed by atoms with Gasteiger partial charge in [0, 0.05) is 51.1 Å². The van der Waals surface area contributed by atoms with Crippen LogP contribution in [0.25, 0.3) is 0 Å². The Morgan fingerprint density at radius 3 is 2.55 bits per heavy atom. The number of fused-ring (bicyclic) bond motifs is 1. The highest BCUT2D eigenvalue weighted by Gasteiger charge is 2.46. The SMILES string of the molecule is CC(=O)N1CCN([C@@H]2COC[C@@H](NC(=O)C3CC4C(F)CCC(C)C4N3)C2)CC1. The Labute approximate surface area is 172 Å². The molecule has 1 saturated carbocycles. The Morgan fingerprint density at radius 2 is 1.86 bits per heavy atom. The summed E-state index contributed by atoms with van der Waals surface area (Å²) in [4.78, 5) is 28.6. The zero-order valence-corrected chi connectivity index (χ0v) is 17.6. The van der Waals surface area contributed by atoms with E-state index >= 15 is 0 Å². The highest BCUT2D eigenvalue weighted by Crippen LogP contribution is 2.38. The van der Waals surface area contributed by atoms with Crippen LogP contribution >= 0.6 is 0 Å². The molecule has 4 aliphatic rings. The van der Waals surface area contributed by atoms with Gasteiger partial charge in [-0.25, -0.2) is 4.39 Å². The summed E-state index contributed by atoms with van der Waals surface area (Å²) in [7, 11) is 0. The maximum absolute atomic E-state index is 14.3. The van der Waals surface area contributed by atoms with Gasteiger partial charge in [-0.3, -0.25) is 14.5 Å². The lowest BCUT2D eigenvalue weighted by atomic mass is 9.77. The summed E-state index contributed by atoms with van der Waals surface area (Å²) in [6, 6.07) is 0.0540. The molecule has 0 spiro atoms. The largest absolute Gasteiger partial charge is 0.378 e. The third-order valence-corrected chi connectivity index (χ3v) is 7.46. The van der Waals surface area contributed by atoms with Crippen LogP contribution in [-0.2, 0) is 14.3 Å². The van der Waals surface area contributed by atoms with Crippen LogP contribution in [-0.4, -0.2) is 91.3 Å². The summed E-state index contributed by atoms with van der Waals surface area (Å²) in [6.45, 7) is 8.15. The molecule has 7 atom stereocenters. The fourth-order valence-corrected chi connectivity index (χ4v) is 5.67. The van der Waals surface area contributed by atoms with Crippen molar-refractivity contribution in [3.05, 3.63) is 0 Å². The molecule has 0 aromatic rings. The average molecular weight is 411 g/mol. The maximum Gasteiger partial charge on any atom is 0.237 e. The van der Waals surface area contributed by atoms with Crippen molar-refractivity contribution in [2.45, 2.75) is 69.9 Å². The van der Waals surface area contributed by atoms with Crippen molar-refractivity contribution in [1.82, 2.24) is 20.4 Å². The van der Waals surface area contributed by atoms with Crippen LogP contribution < -0.4 is 10.6 Å². The van der Waals surface area contributed by atoms with Crippen LogP contribution in [0.15, 0.2) is 0 Å². The number of carbonyl (C=O) groups excluding carboxylic acids is 2. The van der Waals surface area contributed by atoms with E-state index in [0.717, 1.165) is 39.0 Å². The second-order valence-electron chi connectivity index (χ2n) is 9.39. The first-order valence-corrected chi connectivity index (χ1v) is 11.2. The summed E-state index contributed by atoms with van der Waals surface area (Å²) in [5.41, 5.74) is 0. The van der Waals surface area contributed by atoms with Crippen LogP contribution in [0, 0.1) is 11.8 Å². The molecule has 1 aliphatic carbocycles. The van der Waals surface area contributed by atoms with Gasteiger partial charge in [-0.2, -0.15) is 0 Å². The second-order valence-corrected chi connectivity index (χ2v) is 9.39. The first-order chi connectivity index (χ1) is 13.9. The Kier molecular flexibility index (Phi) is 6.41. The highest BCUT2D eigenvalue weighted by molar-refractivity contribution is 5.82. The number of rotatable bonds is 3. The van der Waals surface area contributed by atoms with Crippen LogP contribution in [0.3, 0.4) is 0 Å². The second kappa shape index (κ2) is 8.86. The summed E-state index contributed by atoms with van der Waals surface area (Å²) < 4.78 is 20.1. The van der Waals surface area contributed by atoms with E-state index < -0.39 is 6.17 Å². The number of piperazine rings is 1. The molecule has 2 amide bonds. The van der Waals surface area contributed by atoms with E-state index in [0.29, 0.717) is 32.0 Å². The van der Waals surface area contributed by atoms with Crippen molar-refractivity contribution in [3.63, 3.8) is 0 Å². The van der Waals surface area contributed by atoms with Crippen molar-refractivity contribution in [1.29, 1.82) is 0 Å². The minimum Gasteiger partial charge on any atom is -0.378 e. The topological polar surface area (TPSA) is 73.9 Å². The van der Waals surface area contributed by atoms with Crippen molar-refractivity contribution in [3.8, 4) is 0 Å². The quantitative estimate of drug-likeness (QED) is 0.711. The Balaban J connectivity index is 1.27. The van der Waals surface area contributed by atoms with Gasteiger partial charge in [0.25, 0.3) is 0 Å². The fourth-order valence-electron chi connectivity index (χ4n) is 5.67. The Hall–Kier alpha value is -1.25. The molecule has 3 aliphatic heterocycles. The molecular formula is C21H35FN4O3. The number of carbonyl (C=O) groups is 2. The fraction of sp³-hybridized carbons (Fsp3) is 0.905. The number of ether oxygens (including phenoxy) is 1. The number of alkyl halides is 1. The van der Waals surface area contributed by atoms with Gasteiger partial charge in [-0.1, -0.05) is 6.92 Å². The smallest absolute Gasteiger partial charge is 0.237 e. The summed E-state index contributed by atoms with van der Waals surface area (Å²) in [5.74, 6) is 0.488. The Bertz CT molecular complexity index is 595. The van der Waals surface area contributed by atoms with E-state index in [1.807, 2.05) is 4.90 Å². The van der Waals surface area contributed by atoms with Gasteiger partial charge in [-0.15, -0.1) is 0 Å². The van der Waals surface area contributed by atoms with Gasteiger partial charge in [0.1, 0.15) is 6.17 Å². The van der Waals surface area contributed by atoms with E-state index in [1.165, 1.54) is 0 Å². The molecule has 7 nitrogen and oxygen atoms in total. The van der Waals surface area contributed by atoms with E-state index in [2.05, 4.69) is 22.5 Å². The lowest BCUT2D eigenvalue weighted by molar-refractivity contribution is -0.132. The molecule has 0 aromatic carbocycles. The van der Waals surface area contributed by atoms with Crippen LogP contribution in [0.2, 0.25) is 0 Å². The minimum absolute atomic E-state index is 0.0184. The van der Waals surface area contributed by atoms with E-state index in [-0.39, 0.29) is 41.9 Å². The lowest BCUT2D eigenvalue weighted by Gasteiger charge is -2.42. The molecule has 5 unspecified atom stereocenters. The zero-order valence-electron chi connectivity index (χ0n) is 17.6. The third-order valence-electron chi connectivity index (χ3n) is 7.46. The molecule has 4 rings (SSSR count). The van der Waals surface area contributed by atoms with Crippen molar-refractivity contribution < 1.29 is 18.7 Å². The summed E-state index contributed by atoms with van der Waals surface area (Å²) in [5, 5.41) is 6.57. The third kappa shape index (κ3) is 4.59. The standard InChI is InChI=1S/C21H35FN4O3/c1-13-3-4-18(22)17-10-19(24-20(13)17)21(28)23-15-9-16(12-29-11-15)26-7-5-25(6-8-26)14(2)27/h13,15-20,24H,3-12H2,1-2H3,(H,23,28)/t13?,15-,16-,17?,18?,19?,20?/m0/s1. The van der Waals surface area contributed by atoms with Gasteiger partial charge >= 0.3 is 0 Å². The first kappa shape index (κ1) is 21.0. The van der Waals surface area contributed by atoms with Gasteiger partial charge in [0.2, 0.25) is 11.8 Å². The maximum atomic E-state index is 14.3. The first-order valence-electron chi connectivity index (χ1n) is 11.2. The Morgan fingerprint density at radius 1 is 1.10 bits per heavy atom. The molecule has 3 heterocycles. The summed E-state index contributed by atoms with van der Waals surface area (Å²) >= 11 is 0. The summed E-state index contributed by atoms with van der Waals surface area (Å²) in [6.07, 6.45) is 2.16. The molecule has 164 valence electrons. The number of nitrogens with zero attached hydrogens (tertiary/aromatic N) is 2. The van der Waals surface area contributed by atoms with E-state index in [9.17, 15) is 14.0 Å². The minimum atomic E-state index is -0.794. The van der Waals surface area contributed by atoms with Crippen molar-refractivity contribution in [2.75, 3.05) is 39.4 Å². The molecule has 0 aromatic heterocycles. The van der Waals surface area contributed by atoms with Gasteiger partial charge in [0.05, 0.1) is 25.3 Å². The van der Waals surface area contributed by atoms with Gasteiger partial charge in [0.15, 0.2) is 0 Å². The molecule has 0 bridgehead atoms. The predicted molar refractivity (Wildman–Crippen MR) is 107 cm³/mol. The van der Waals surface area contributed by atoms with Crippen LogP contribution in [0.1, 0.15) is 39.5 Å². The van der Waals surface area contributed by atoms with Gasteiger partial charge in [-0.05, 0) is 31.6 Å². The van der Waals surface area contributed by atoms with E-state index in [1.54, 1.807) is 6.92 Å². The molecule has 2 N–H and O–H groups in total. The number of hydrogen-bond acceptors (Lipinski definition) is 5. The molecular weight excluding hydrogens is 375 g/mol. The van der Waals surface area contributed by atoms with Crippen molar-refractivity contribution >= 4 is 11.8 Å². The number of hydrogen-bond donors (Lipinski definition) is 2. The predicted octanol–water partition coefficient (Wildman–Crippen LogP) is 0.539. The normalized spacial score (nSPS) is 41.1. The zero-order chi connectivity index (χ0) is 20.5. The van der Waals surface area contributed by atoms with Gasteiger partial charge < -0.3 is 20.3 Å². The van der Waals surface area contributed by atoms with Crippen LogP contribution in [0.4, 0.5) is 4.39 Å². The average Bonchev–Trinajstić information content (AvgIpc) is 3.18. The monoisotopic (exact) mass is 410 g/mol. The lowest BCUT2D eigenvalue weighted by Crippen LogP contribution is -2.57. The molecule has 3 saturated heterocycles. The highest BCUT2D eigenvalue weighted by atomic mass is 19.1. The van der Waals surface area contributed by atoms with E-state index in [4.69, 9.17) is 4.74 Å². The number of halogens is 1. The number of amides is 2.